The lowest BCUT2D eigenvalue weighted by Crippen LogP contribution is -2.48. The second-order valence-electron chi connectivity index (χ2n) is 5.79. The SMILES string of the molecule is C[C@@H]1CN(C(=O)CCn2c(=O)oc3ccccc32)C[C@@H](C)O1. The molecule has 2 atom stereocenters. The number of ether oxygens (including phenoxy) is 1. The maximum absolute atomic E-state index is 12.4. The summed E-state index contributed by atoms with van der Waals surface area (Å²) in [6.45, 7) is 5.46. The van der Waals surface area contributed by atoms with E-state index in [2.05, 4.69) is 0 Å². The number of carbonyl (C=O) groups is 1. The summed E-state index contributed by atoms with van der Waals surface area (Å²) in [5.41, 5.74) is 1.28. The standard InChI is InChI=1S/C16H20N2O4/c1-11-9-17(10-12(2)21-11)15(19)7-8-18-13-5-3-4-6-14(13)22-16(18)20/h3-6,11-12H,7-10H2,1-2H3/t11-,12-/m1/s1. The zero-order valence-electron chi connectivity index (χ0n) is 12.8. The van der Waals surface area contributed by atoms with Crippen LogP contribution in [-0.4, -0.2) is 40.7 Å². The van der Waals surface area contributed by atoms with Crippen molar-refractivity contribution in [2.24, 2.45) is 0 Å². The number of morpholine rings is 1. The van der Waals surface area contributed by atoms with Gasteiger partial charge in [0.25, 0.3) is 0 Å². The van der Waals surface area contributed by atoms with Gasteiger partial charge in [-0.2, -0.15) is 0 Å². The number of para-hydroxylation sites is 2. The van der Waals surface area contributed by atoms with E-state index in [1.807, 2.05) is 36.9 Å². The van der Waals surface area contributed by atoms with E-state index in [1.54, 1.807) is 6.07 Å². The molecule has 0 saturated carbocycles. The molecular formula is C16H20N2O4. The van der Waals surface area contributed by atoms with Gasteiger partial charge in [0.15, 0.2) is 5.58 Å². The van der Waals surface area contributed by atoms with E-state index >= 15 is 0 Å². The summed E-state index contributed by atoms with van der Waals surface area (Å²) in [7, 11) is 0. The predicted octanol–water partition coefficient (Wildman–Crippen LogP) is 1.62. The highest BCUT2D eigenvalue weighted by Gasteiger charge is 2.25. The maximum atomic E-state index is 12.4. The van der Waals surface area contributed by atoms with Crippen LogP contribution in [0.3, 0.4) is 0 Å². The monoisotopic (exact) mass is 304 g/mol. The predicted molar refractivity (Wildman–Crippen MR) is 81.7 cm³/mol. The molecule has 1 aliphatic heterocycles. The number of hydrogen-bond donors (Lipinski definition) is 0. The van der Waals surface area contributed by atoms with Crippen LogP contribution in [0.25, 0.3) is 11.1 Å². The largest absolute Gasteiger partial charge is 0.419 e. The fraction of sp³-hybridized carbons (Fsp3) is 0.500. The summed E-state index contributed by atoms with van der Waals surface area (Å²) in [4.78, 5) is 26.1. The van der Waals surface area contributed by atoms with Crippen LogP contribution in [0.2, 0.25) is 0 Å². The molecular weight excluding hydrogens is 284 g/mol. The summed E-state index contributed by atoms with van der Waals surface area (Å²) in [5.74, 6) is -0.378. The average Bonchev–Trinajstić information content (AvgIpc) is 2.79. The Morgan fingerprint density at radius 2 is 1.91 bits per heavy atom. The van der Waals surface area contributed by atoms with Crippen molar-refractivity contribution >= 4 is 17.0 Å². The van der Waals surface area contributed by atoms with Crippen LogP contribution in [0.1, 0.15) is 20.3 Å². The molecule has 6 nitrogen and oxygen atoms in total. The molecule has 118 valence electrons. The highest BCUT2D eigenvalue weighted by molar-refractivity contribution is 5.77. The second-order valence-corrected chi connectivity index (χ2v) is 5.79. The Labute approximate surface area is 128 Å². The number of aryl methyl sites for hydroxylation is 1. The summed E-state index contributed by atoms with van der Waals surface area (Å²) in [5, 5.41) is 0. The highest BCUT2D eigenvalue weighted by Crippen LogP contribution is 2.14. The molecule has 22 heavy (non-hydrogen) atoms. The van der Waals surface area contributed by atoms with Crippen LogP contribution in [-0.2, 0) is 16.1 Å². The molecule has 1 amide bonds. The van der Waals surface area contributed by atoms with Gasteiger partial charge in [-0.1, -0.05) is 12.1 Å². The van der Waals surface area contributed by atoms with E-state index in [0.717, 1.165) is 5.52 Å². The molecule has 2 heterocycles. The number of fused-ring (bicyclic) bond motifs is 1. The third-order valence-electron chi connectivity index (χ3n) is 3.90. The minimum atomic E-state index is -0.419. The minimum absolute atomic E-state index is 0.0409. The Balaban J connectivity index is 1.70. The molecule has 1 aromatic heterocycles. The molecule has 0 N–H and O–H groups in total. The quantitative estimate of drug-likeness (QED) is 0.864. The molecule has 0 aliphatic carbocycles. The van der Waals surface area contributed by atoms with Crippen LogP contribution in [0.4, 0.5) is 0 Å². The van der Waals surface area contributed by atoms with Crippen molar-refractivity contribution in [2.45, 2.75) is 39.0 Å². The smallest absolute Gasteiger partial charge is 0.408 e. The van der Waals surface area contributed by atoms with Crippen LogP contribution in [0.5, 0.6) is 0 Å². The summed E-state index contributed by atoms with van der Waals surface area (Å²) < 4.78 is 12.3. The summed E-state index contributed by atoms with van der Waals surface area (Å²) >= 11 is 0. The Kier molecular flexibility index (Phi) is 4.02. The normalized spacial score (nSPS) is 22.2. The van der Waals surface area contributed by atoms with E-state index in [1.165, 1.54) is 4.57 Å². The van der Waals surface area contributed by atoms with Crippen LogP contribution >= 0.6 is 0 Å². The molecule has 1 fully saturated rings. The molecule has 1 aliphatic rings. The van der Waals surface area contributed by atoms with Gasteiger partial charge < -0.3 is 14.1 Å². The van der Waals surface area contributed by atoms with Gasteiger partial charge in [0.1, 0.15) is 0 Å². The number of rotatable bonds is 3. The Bertz CT molecular complexity index is 723. The lowest BCUT2D eigenvalue weighted by atomic mass is 10.2. The number of carbonyl (C=O) groups excluding carboxylic acids is 1. The molecule has 2 aromatic rings. The van der Waals surface area contributed by atoms with Gasteiger partial charge in [-0.15, -0.1) is 0 Å². The number of hydrogen-bond acceptors (Lipinski definition) is 4. The van der Waals surface area contributed by atoms with Gasteiger partial charge in [-0.25, -0.2) is 4.79 Å². The van der Waals surface area contributed by atoms with E-state index in [-0.39, 0.29) is 24.5 Å². The van der Waals surface area contributed by atoms with Gasteiger partial charge in [-0.3, -0.25) is 9.36 Å². The lowest BCUT2D eigenvalue weighted by molar-refractivity contribution is -0.143. The summed E-state index contributed by atoms with van der Waals surface area (Å²) in [6.07, 6.45) is 0.374. The molecule has 3 rings (SSSR count). The van der Waals surface area contributed by atoms with Gasteiger partial charge in [0, 0.05) is 26.1 Å². The van der Waals surface area contributed by atoms with Crippen molar-refractivity contribution in [3.63, 3.8) is 0 Å². The van der Waals surface area contributed by atoms with E-state index in [4.69, 9.17) is 9.15 Å². The number of amides is 1. The van der Waals surface area contributed by atoms with Crippen molar-refractivity contribution in [2.75, 3.05) is 13.1 Å². The average molecular weight is 304 g/mol. The molecule has 0 unspecified atom stereocenters. The first-order valence-corrected chi connectivity index (χ1v) is 7.56. The molecule has 0 spiro atoms. The zero-order chi connectivity index (χ0) is 15.7. The number of oxazole rings is 1. The van der Waals surface area contributed by atoms with Gasteiger partial charge >= 0.3 is 5.76 Å². The highest BCUT2D eigenvalue weighted by atomic mass is 16.5. The first kappa shape index (κ1) is 14.8. The second kappa shape index (κ2) is 5.96. The molecule has 1 aromatic carbocycles. The number of benzene rings is 1. The Hall–Kier alpha value is -2.08. The maximum Gasteiger partial charge on any atom is 0.419 e. The first-order valence-electron chi connectivity index (χ1n) is 7.56. The van der Waals surface area contributed by atoms with Gasteiger partial charge in [0.05, 0.1) is 17.7 Å². The third-order valence-corrected chi connectivity index (χ3v) is 3.90. The molecule has 1 saturated heterocycles. The molecule has 0 bridgehead atoms. The van der Waals surface area contributed by atoms with Crippen LogP contribution < -0.4 is 5.76 Å². The number of aromatic nitrogens is 1. The van der Waals surface area contributed by atoms with Crippen molar-refractivity contribution in [1.29, 1.82) is 0 Å². The summed E-state index contributed by atoms with van der Waals surface area (Å²) in [6, 6.07) is 7.24. The van der Waals surface area contributed by atoms with Crippen molar-refractivity contribution in [1.82, 2.24) is 9.47 Å². The topological polar surface area (TPSA) is 64.7 Å². The Morgan fingerprint density at radius 3 is 2.64 bits per heavy atom. The van der Waals surface area contributed by atoms with Crippen molar-refractivity contribution in [3.8, 4) is 0 Å². The fourth-order valence-corrected chi connectivity index (χ4v) is 2.97. The third kappa shape index (κ3) is 2.92. The zero-order valence-corrected chi connectivity index (χ0v) is 12.8. The van der Waals surface area contributed by atoms with Gasteiger partial charge in [0.2, 0.25) is 5.91 Å². The lowest BCUT2D eigenvalue weighted by Gasteiger charge is -2.35. The molecule has 6 heteroatoms. The van der Waals surface area contributed by atoms with Gasteiger partial charge in [-0.05, 0) is 26.0 Å². The van der Waals surface area contributed by atoms with Crippen molar-refractivity contribution in [3.05, 3.63) is 34.8 Å². The molecule has 0 radical (unpaired) electrons. The van der Waals surface area contributed by atoms with E-state index in [0.29, 0.717) is 25.2 Å². The van der Waals surface area contributed by atoms with Crippen molar-refractivity contribution < 1.29 is 13.9 Å². The van der Waals surface area contributed by atoms with Crippen LogP contribution in [0, 0.1) is 0 Å². The van der Waals surface area contributed by atoms with Crippen LogP contribution in [0.15, 0.2) is 33.5 Å². The number of nitrogens with zero attached hydrogens (tertiary/aromatic N) is 2. The minimum Gasteiger partial charge on any atom is -0.408 e. The first-order chi connectivity index (χ1) is 10.5. The van der Waals surface area contributed by atoms with E-state index < -0.39 is 5.76 Å². The van der Waals surface area contributed by atoms with E-state index in [9.17, 15) is 9.59 Å². The Morgan fingerprint density at radius 1 is 1.23 bits per heavy atom. The fourth-order valence-electron chi connectivity index (χ4n) is 2.97.